The van der Waals surface area contributed by atoms with Crippen molar-refractivity contribution >= 4 is 0 Å². The molecule has 2 rings (SSSR count). The number of pyridine rings is 1. The van der Waals surface area contributed by atoms with Crippen LogP contribution in [0, 0.1) is 0 Å². The molecule has 1 fully saturated rings. The van der Waals surface area contributed by atoms with Gasteiger partial charge in [-0.2, -0.15) is 0 Å². The van der Waals surface area contributed by atoms with Crippen molar-refractivity contribution in [1.82, 2.24) is 9.88 Å². The average molecular weight is 206 g/mol. The van der Waals surface area contributed by atoms with Gasteiger partial charge in [0.15, 0.2) is 0 Å². The second-order valence-corrected chi connectivity index (χ2v) is 4.72. The van der Waals surface area contributed by atoms with Crippen LogP contribution in [0.3, 0.4) is 0 Å². The highest BCUT2D eigenvalue weighted by atomic mass is 16.3. The van der Waals surface area contributed by atoms with Gasteiger partial charge in [-0.05, 0) is 38.1 Å². The van der Waals surface area contributed by atoms with Gasteiger partial charge in [0.2, 0.25) is 0 Å². The molecule has 1 aromatic heterocycles. The van der Waals surface area contributed by atoms with Gasteiger partial charge in [-0.1, -0.05) is 0 Å². The predicted octanol–water partition coefficient (Wildman–Crippen LogP) is 1.08. The minimum atomic E-state index is -0.560. The fourth-order valence-corrected chi connectivity index (χ4v) is 2.40. The van der Waals surface area contributed by atoms with Gasteiger partial charge in [0.25, 0.3) is 0 Å². The quantitative estimate of drug-likeness (QED) is 0.786. The Hall–Kier alpha value is -0.930. The zero-order valence-electron chi connectivity index (χ0n) is 9.35. The number of aliphatic hydroxyl groups is 1. The lowest BCUT2D eigenvalue weighted by Crippen LogP contribution is -2.34. The third-order valence-corrected chi connectivity index (χ3v) is 3.25. The van der Waals surface area contributed by atoms with Crippen molar-refractivity contribution in [2.24, 2.45) is 0 Å². The van der Waals surface area contributed by atoms with E-state index in [1.807, 2.05) is 12.1 Å². The van der Waals surface area contributed by atoms with E-state index in [-0.39, 0.29) is 0 Å². The summed E-state index contributed by atoms with van der Waals surface area (Å²) < 4.78 is 0. The first-order valence-electron chi connectivity index (χ1n) is 5.41. The summed E-state index contributed by atoms with van der Waals surface area (Å²) in [5.41, 5.74) is 0.602. The highest BCUT2D eigenvalue weighted by Crippen LogP contribution is 2.28. The van der Waals surface area contributed by atoms with Gasteiger partial charge in [0.1, 0.15) is 0 Å². The maximum Gasteiger partial charge on any atom is 0.0828 e. The molecule has 2 atom stereocenters. The maximum atomic E-state index is 10.4. The second kappa shape index (κ2) is 3.91. The molecule has 82 valence electrons. The zero-order chi connectivity index (χ0) is 10.9. The van der Waals surface area contributed by atoms with E-state index in [4.69, 9.17) is 0 Å². The van der Waals surface area contributed by atoms with Crippen LogP contribution in [-0.4, -0.2) is 40.2 Å². The van der Waals surface area contributed by atoms with Crippen LogP contribution in [0.15, 0.2) is 24.5 Å². The normalized spacial score (nSPS) is 32.1. The monoisotopic (exact) mass is 206 g/mol. The van der Waals surface area contributed by atoms with Crippen LogP contribution in [0.1, 0.15) is 18.9 Å². The Kier molecular flexibility index (Phi) is 2.76. The van der Waals surface area contributed by atoms with Gasteiger partial charge in [-0.3, -0.25) is 4.98 Å². The van der Waals surface area contributed by atoms with E-state index in [9.17, 15) is 5.11 Å². The third kappa shape index (κ3) is 2.36. The molecule has 1 aliphatic rings. The maximum absolute atomic E-state index is 10.4. The Balaban J connectivity index is 2.06. The molecule has 15 heavy (non-hydrogen) atoms. The van der Waals surface area contributed by atoms with Crippen LogP contribution >= 0.6 is 0 Å². The molecule has 0 spiro atoms. The Morgan fingerprint density at radius 3 is 2.73 bits per heavy atom. The first-order valence-corrected chi connectivity index (χ1v) is 5.41. The van der Waals surface area contributed by atoms with Crippen molar-refractivity contribution < 1.29 is 5.11 Å². The molecule has 0 radical (unpaired) electrons. The highest BCUT2D eigenvalue weighted by molar-refractivity contribution is 5.14. The van der Waals surface area contributed by atoms with Gasteiger partial charge >= 0.3 is 0 Å². The van der Waals surface area contributed by atoms with Gasteiger partial charge < -0.3 is 10.0 Å². The van der Waals surface area contributed by atoms with E-state index in [1.165, 1.54) is 0 Å². The van der Waals surface area contributed by atoms with E-state index in [0.29, 0.717) is 6.04 Å². The number of nitrogens with zero attached hydrogens (tertiary/aromatic N) is 2. The number of likely N-dealkylation sites (tertiary alicyclic amines) is 1. The number of hydrogen-bond acceptors (Lipinski definition) is 3. The van der Waals surface area contributed by atoms with E-state index in [2.05, 4.69) is 23.9 Å². The molecule has 3 heteroatoms. The molecule has 2 unspecified atom stereocenters. The van der Waals surface area contributed by atoms with Crippen LogP contribution < -0.4 is 0 Å². The summed E-state index contributed by atoms with van der Waals surface area (Å²) in [6, 6.07) is 4.42. The van der Waals surface area contributed by atoms with Crippen molar-refractivity contribution in [3.8, 4) is 0 Å². The number of likely N-dealkylation sites (N-methyl/N-ethyl adjacent to an activating group) is 1. The topological polar surface area (TPSA) is 36.4 Å². The first kappa shape index (κ1) is 10.6. The largest absolute Gasteiger partial charge is 0.388 e. The first-order chi connectivity index (χ1) is 7.09. The fraction of sp³-hybridized carbons (Fsp3) is 0.583. The van der Waals surface area contributed by atoms with Crippen LogP contribution in [0.2, 0.25) is 0 Å². The number of aromatic nitrogens is 1. The highest BCUT2D eigenvalue weighted by Gasteiger charge is 2.38. The predicted molar refractivity (Wildman–Crippen MR) is 59.6 cm³/mol. The number of rotatable bonds is 2. The number of β-amino-alcohol motifs (C(OH)–C–C–N with tert-alkyl or cyclic N) is 1. The molecule has 0 bridgehead atoms. The van der Waals surface area contributed by atoms with Gasteiger partial charge in [0, 0.05) is 31.4 Å². The molecule has 0 aromatic carbocycles. The summed E-state index contributed by atoms with van der Waals surface area (Å²) in [5, 5.41) is 10.4. The van der Waals surface area contributed by atoms with Crippen molar-refractivity contribution in [3.63, 3.8) is 0 Å². The number of hydrogen-bond donors (Lipinski definition) is 1. The summed E-state index contributed by atoms with van der Waals surface area (Å²) in [7, 11) is 2.06. The van der Waals surface area contributed by atoms with Crippen LogP contribution in [0.4, 0.5) is 0 Å². The SMILES string of the molecule is CC1CC(O)(Cc2ccncc2)CN1C. The smallest absolute Gasteiger partial charge is 0.0828 e. The van der Waals surface area contributed by atoms with Crippen LogP contribution in [-0.2, 0) is 6.42 Å². The summed E-state index contributed by atoms with van der Waals surface area (Å²) >= 11 is 0. The minimum absolute atomic E-state index is 0.469. The molecular formula is C12H18N2O. The Morgan fingerprint density at radius 1 is 1.53 bits per heavy atom. The summed E-state index contributed by atoms with van der Waals surface area (Å²) in [5.74, 6) is 0. The third-order valence-electron chi connectivity index (χ3n) is 3.25. The summed E-state index contributed by atoms with van der Waals surface area (Å²) in [4.78, 5) is 6.19. The van der Waals surface area contributed by atoms with E-state index >= 15 is 0 Å². The van der Waals surface area contributed by atoms with Crippen LogP contribution in [0.5, 0.6) is 0 Å². The molecular weight excluding hydrogens is 188 g/mol. The lowest BCUT2D eigenvalue weighted by molar-refractivity contribution is 0.0520. The summed E-state index contributed by atoms with van der Waals surface area (Å²) in [6.07, 6.45) is 5.14. The van der Waals surface area contributed by atoms with Crippen molar-refractivity contribution in [1.29, 1.82) is 0 Å². The molecule has 3 nitrogen and oxygen atoms in total. The van der Waals surface area contributed by atoms with Gasteiger partial charge in [0.05, 0.1) is 5.60 Å². The molecule has 1 saturated heterocycles. The zero-order valence-corrected chi connectivity index (χ0v) is 9.35. The Morgan fingerprint density at radius 2 is 2.20 bits per heavy atom. The molecule has 0 saturated carbocycles. The Bertz CT molecular complexity index is 316. The lowest BCUT2D eigenvalue weighted by atomic mass is 9.93. The molecule has 0 aliphatic carbocycles. The van der Waals surface area contributed by atoms with E-state index in [1.54, 1.807) is 12.4 Å². The van der Waals surface area contributed by atoms with Crippen molar-refractivity contribution in [2.45, 2.75) is 31.4 Å². The second-order valence-electron chi connectivity index (χ2n) is 4.72. The minimum Gasteiger partial charge on any atom is -0.388 e. The molecule has 1 N–H and O–H groups in total. The fourth-order valence-electron chi connectivity index (χ4n) is 2.40. The van der Waals surface area contributed by atoms with Crippen molar-refractivity contribution in [3.05, 3.63) is 30.1 Å². The average Bonchev–Trinajstić information content (AvgIpc) is 2.42. The standard InChI is InChI=1S/C12H18N2O/c1-10-7-12(15,9-14(10)2)8-11-3-5-13-6-4-11/h3-6,10,15H,7-9H2,1-2H3. The van der Waals surface area contributed by atoms with Gasteiger partial charge in [-0.25, -0.2) is 0 Å². The van der Waals surface area contributed by atoms with Crippen molar-refractivity contribution in [2.75, 3.05) is 13.6 Å². The lowest BCUT2D eigenvalue weighted by Gasteiger charge is -2.22. The van der Waals surface area contributed by atoms with E-state index < -0.39 is 5.60 Å². The summed E-state index contributed by atoms with van der Waals surface area (Å²) in [6.45, 7) is 2.92. The Labute approximate surface area is 90.8 Å². The van der Waals surface area contributed by atoms with E-state index in [0.717, 1.165) is 24.9 Å². The molecule has 1 aliphatic heterocycles. The molecule has 0 amide bonds. The van der Waals surface area contributed by atoms with Crippen LogP contribution in [0.25, 0.3) is 0 Å². The molecule has 1 aromatic rings. The molecule has 2 heterocycles. The van der Waals surface area contributed by atoms with Gasteiger partial charge in [-0.15, -0.1) is 0 Å².